The topological polar surface area (TPSA) is 35.5 Å². The van der Waals surface area contributed by atoms with Gasteiger partial charge in [0, 0.05) is 25.7 Å². The predicted molar refractivity (Wildman–Crippen MR) is 74.4 cm³/mol. The highest BCUT2D eigenvalue weighted by atomic mass is 16.3. The molecule has 2 N–H and O–H groups in total. The number of nitrogens with zero attached hydrogens (tertiary/aromatic N) is 1. The molecule has 0 aliphatic heterocycles. The molecule has 0 spiro atoms. The van der Waals surface area contributed by atoms with Crippen molar-refractivity contribution in [3.8, 4) is 0 Å². The third-order valence-electron chi connectivity index (χ3n) is 3.38. The first-order valence-corrected chi connectivity index (χ1v) is 6.95. The van der Waals surface area contributed by atoms with Gasteiger partial charge in [-0.25, -0.2) is 0 Å². The number of benzene rings is 1. The lowest BCUT2D eigenvalue weighted by Crippen LogP contribution is -2.38. The summed E-state index contributed by atoms with van der Waals surface area (Å²) in [6.07, 6.45) is 2.27. The fourth-order valence-corrected chi connectivity index (χ4v) is 2.10. The summed E-state index contributed by atoms with van der Waals surface area (Å²) in [7, 11) is 0. The summed E-state index contributed by atoms with van der Waals surface area (Å²) in [4.78, 5) is 2.29. The molecule has 3 heteroatoms. The molecule has 2 rings (SSSR count). The molecule has 0 bridgehead atoms. The number of nitrogens with one attached hydrogen (secondary N) is 1. The second-order valence-corrected chi connectivity index (χ2v) is 5.15. The van der Waals surface area contributed by atoms with Crippen LogP contribution in [0.3, 0.4) is 0 Å². The van der Waals surface area contributed by atoms with Gasteiger partial charge in [0.15, 0.2) is 0 Å². The van der Waals surface area contributed by atoms with Gasteiger partial charge in [-0.2, -0.15) is 0 Å². The molecule has 18 heavy (non-hydrogen) atoms. The van der Waals surface area contributed by atoms with Crippen molar-refractivity contribution in [3.05, 3.63) is 35.9 Å². The van der Waals surface area contributed by atoms with Gasteiger partial charge in [0.2, 0.25) is 0 Å². The van der Waals surface area contributed by atoms with E-state index in [4.69, 9.17) is 0 Å². The van der Waals surface area contributed by atoms with Gasteiger partial charge < -0.3 is 10.4 Å². The zero-order valence-electron chi connectivity index (χ0n) is 11.2. The van der Waals surface area contributed by atoms with Crippen LogP contribution in [-0.2, 0) is 6.54 Å². The lowest BCUT2D eigenvalue weighted by molar-refractivity contribution is 0.110. The highest BCUT2D eigenvalue weighted by molar-refractivity contribution is 5.14. The number of likely N-dealkylation sites (N-methyl/N-ethyl adjacent to an activating group) is 1. The fraction of sp³-hybridized carbons (Fsp3) is 0.600. The summed E-state index contributed by atoms with van der Waals surface area (Å²) >= 11 is 0. The standard InChI is InChI=1S/C15H24N2O/c1-2-17(11-13-6-4-3-5-7-13)12-15(18)10-16-14-8-9-14/h3-7,14-16,18H,2,8-12H2,1H3. The number of rotatable bonds is 8. The molecule has 0 amide bonds. The Morgan fingerprint density at radius 3 is 2.67 bits per heavy atom. The Morgan fingerprint density at radius 2 is 2.06 bits per heavy atom. The first-order chi connectivity index (χ1) is 8.78. The molecule has 1 atom stereocenters. The Morgan fingerprint density at radius 1 is 1.33 bits per heavy atom. The molecule has 1 aromatic carbocycles. The van der Waals surface area contributed by atoms with Gasteiger partial charge >= 0.3 is 0 Å². The first kappa shape index (κ1) is 13.5. The van der Waals surface area contributed by atoms with E-state index < -0.39 is 0 Å². The van der Waals surface area contributed by atoms with E-state index in [9.17, 15) is 5.11 Å². The number of hydrogen-bond acceptors (Lipinski definition) is 3. The maximum atomic E-state index is 10.0. The molecule has 1 fully saturated rings. The Balaban J connectivity index is 1.73. The van der Waals surface area contributed by atoms with Gasteiger partial charge in [0.05, 0.1) is 6.10 Å². The van der Waals surface area contributed by atoms with E-state index >= 15 is 0 Å². The van der Waals surface area contributed by atoms with Gasteiger partial charge in [-0.1, -0.05) is 37.3 Å². The SMILES string of the molecule is CCN(Cc1ccccc1)CC(O)CNC1CC1. The number of hydrogen-bond donors (Lipinski definition) is 2. The third kappa shape index (κ3) is 4.77. The van der Waals surface area contributed by atoms with Crippen molar-refractivity contribution >= 4 is 0 Å². The monoisotopic (exact) mass is 248 g/mol. The third-order valence-corrected chi connectivity index (χ3v) is 3.38. The summed E-state index contributed by atoms with van der Waals surface area (Å²) < 4.78 is 0. The Labute approximate surface area is 110 Å². The van der Waals surface area contributed by atoms with Gasteiger partial charge in [0.1, 0.15) is 0 Å². The van der Waals surface area contributed by atoms with Crippen molar-refractivity contribution in [3.63, 3.8) is 0 Å². The molecule has 1 aromatic rings. The van der Waals surface area contributed by atoms with Crippen LogP contribution in [0.4, 0.5) is 0 Å². The molecular formula is C15H24N2O. The van der Waals surface area contributed by atoms with E-state index in [-0.39, 0.29) is 6.10 Å². The maximum absolute atomic E-state index is 10.0. The van der Waals surface area contributed by atoms with E-state index in [1.54, 1.807) is 0 Å². The average molecular weight is 248 g/mol. The Kier molecular flexibility index (Phi) is 5.17. The van der Waals surface area contributed by atoms with Crippen LogP contribution in [0, 0.1) is 0 Å². The van der Waals surface area contributed by atoms with Crippen LogP contribution in [0.5, 0.6) is 0 Å². The van der Waals surface area contributed by atoms with E-state index in [2.05, 4.69) is 41.4 Å². The average Bonchev–Trinajstić information content (AvgIpc) is 3.21. The molecule has 1 aliphatic rings. The van der Waals surface area contributed by atoms with Crippen molar-refractivity contribution in [1.29, 1.82) is 0 Å². The lowest BCUT2D eigenvalue weighted by Gasteiger charge is -2.24. The van der Waals surface area contributed by atoms with Crippen LogP contribution in [0.1, 0.15) is 25.3 Å². The summed E-state index contributed by atoms with van der Waals surface area (Å²) in [6, 6.07) is 11.1. The fourth-order valence-electron chi connectivity index (χ4n) is 2.10. The lowest BCUT2D eigenvalue weighted by atomic mass is 10.2. The van der Waals surface area contributed by atoms with Gasteiger partial charge in [-0.3, -0.25) is 4.90 Å². The van der Waals surface area contributed by atoms with Crippen LogP contribution >= 0.6 is 0 Å². The van der Waals surface area contributed by atoms with Gasteiger partial charge in [-0.15, -0.1) is 0 Å². The van der Waals surface area contributed by atoms with Crippen molar-refractivity contribution in [2.24, 2.45) is 0 Å². The normalized spacial score (nSPS) is 17.1. The number of aliphatic hydroxyl groups excluding tert-OH is 1. The van der Waals surface area contributed by atoms with Crippen LogP contribution in [0.15, 0.2) is 30.3 Å². The zero-order chi connectivity index (χ0) is 12.8. The van der Waals surface area contributed by atoms with Crippen molar-refractivity contribution in [2.75, 3.05) is 19.6 Å². The van der Waals surface area contributed by atoms with Crippen LogP contribution in [0.25, 0.3) is 0 Å². The van der Waals surface area contributed by atoms with E-state index in [1.165, 1.54) is 18.4 Å². The van der Waals surface area contributed by atoms with E-state index in [0.29, 0.717) is 6.04 Å². The van der Waals surface area contributed by atoms with Crippen molar-refractivity contribution in [1.82, 2.24) is 10.2 Å². The largest absolute Gasteiger partial charge is 0.390 e. The zero-order valence-corrected chi connectivity index (χ0v) is 11.2. The maximum Gasteiger partial charge on any atom is 0.0791 e. The summed E-state index contributed by atoms with van der Waals surface area (Å²) in [5.74, 6) is 0. The predicted octanol–water partition coefficient (Wildman–Crippen LogP) is 1.62. The van der Waals surface area contributed by atoms with Crippen LogP contribution in [-0.4, -0.2) is 41.8 Å². The minimum atomic E-state index is -0.269. The molecule has 1 aliphatic carbocycles. The van der Waals surface area contributed by atoms with Gasteiger partial charge in [-0.05, 0) is 24.9 Å². The molecule has 0 aromatic heterocycles. The second kappa shape index (κ2) is 6.88. The smallest absolute Gasteiger partial charge is 0.0791 e. The van der Waals surface area contributed by atoms with Crippen molar-refractivity contribution in [2.45, 2.75) is 38.5 Å². The molecule has 0 radical (unpaired) electrons. The first-order valence-electron chi connectivity index (χ1n) is 6.95. The quantitative estimate of drug-likeness (QED) is 0.734. The molecule has 1 saturated carbocycles. The molecular weight excluding hydrogens is 224 g/mol. The Bertz CT molecular complexity index is 338. The van der Waals surface area contributed by atoms with Gasteiger partial charge in [0.25, 0.3) is 0 Å². The molecule has 0 heterocycles. The van der Waals surface area contributed by atoms with Crippen LogP contribution in [0.2, 0.25) is 0 Å². The second-order valence-electron chi connectivity index (χ2n) is 5.15. The minimum Gasteiger partial charge on any atom is -0.390 e. The summed E-state index contributed by atoms with van der Waals surface area (Å²) in [5.41, 5.74) is 1.31. The van der Waals surface area contributed by atoms with E-state index in [0.717, 1.165) is 26.2 Å². The molecule has 3 nitrogen and oxygen atoms in total. The molecule has 100 valence electrons. The summed E-state index contributed by atoms with van der Waals surface area (Å²) in [6.45, 7) is 5.48. The van der Waals surface area contributed by atoms with Crippen molar-refractivity contribution < 1.29 is 5.11 Å². The van der Waals surface area contributed by atoms with E-state index in [1.807, 2.05) is 6.07 Å². The van der Waals surface area contributed by atoms with Crippen LogP contribution < -0.4 is 5.32 Å². The molecule has 1 unspecified atom stereocenters. The highest BCUT2D eigenvalue weighted by Crippen LogP contribution is 2.18. The molecule has 0 saturated heterocycles. The number of aliphatic hydroxyl groups is 1. The Hall–Kier alpha value is -0.900. The summed E-state index contributed by atoms with van der Waals surface area (Å²) in [5, 5.41) is 13.4. The highest BCUT2D eigenvalue weighted by Gasteiger charge is 2.21. The minimum absolute atomic E-state index is 0.269.